The predicted molar refractivity (Wildman–Crippen MR) is 139 cm³/mol. The van der Waals surface area contributed by atoms with Crippen molar-refractivity contribution >= 4 is 28.5 Å². The Morgan fingerprint density at radius 2 is 1.73 bits per heavy atom. The van der Waals surface area contributed by atoms with E-state index in [9.17, 15) is 36.2 Å². The molecule has 5 rings (SSSR count). The molecule has 13 heteroatoms. The van der Waals surface area contributed by atoms with Crippen LogP contribution in [0.2, 0.25) is 5.02 Å². The first-order chi connectivity index (χ1) is 19.3. The third kappa shape index (κ3) is 6.28. The highest BCUT2D eigenvalue weighted by atomic mass is 35.5. The van der Waals surface area contributed by atoms with Crippen LogP contribution in [-0.2, 0) is 25.3 Å². The van der Waals surface area contributed by atoms with Gasteiger partial charge in [-0.3, -0.25) is 14.7 Å². The standard InChI is InChI=1S/C28H23ClF6N4O2/c29-22-4-3-16(9-24(22)40)8-21-15-38(14-18-13-37-23-2-1-5-36-25(18)23)6-7-39(21)26(41)17-10-19(27(30,31)32)12-20(11-17)28(33,34)35/h1-5,9-13,21,37,40H,6-8,14-15H2/t21-/m1/s1. The number of aromatic hydroxyl groups is 1. The van der Waals surface area contributed by atoms with Crippen LogP contribution in [0.1, 0.15) is 32.6 Å². The van der Waals surface area contributed by atoms with E-state index in [4.69, 9.17) is 11.6 Å². The van der Waals surface area contributed by atoms with Gasteiger partial charge in [0.1, 0.15) is 5.75 Å². The summed E-state index contributed by atoms with van der Waals surface area (Å²) in [5, 5.41) is 10.2. The Labute approximate surface area is 235 Å². The number of aromatic nitrogens is 2. The van der Waals surface area contributed by atoms with E-state index in [0.717, 1.165) is 16.6 Å². The van der Waals surface area contributed by atoms with Gasteiger partial charge < -0.3 is 15.0 Å². The number of nitrogens with zero attached hydrogens (tertiary/aromatic N) is 3. The maximum atomic E-state index is 13.6. The van der Waals surface area contributed by atoms with E-state index in [-0.39, 0.29) is 36.3 Å². The maximum absolute atomic E-state index is 13.6. The van der Waals surface area contributed by atoms with Crippen molar-refractivity contribution in [3.05, 3.63) is 93.8 Å². The van der Waals surface area contributed by atoms with Crippen molar-refractivity contribution in [3.63, 3.8) is 0 Å². The summed E-state index contributed by atoms with van der Waals surface area (Å²) < 4.78 is 80.9. The first-order valence-corrected chi connectivity index (χ1v) is 12.9. The third-order valence-corrected chi connectivity index (χ3v) is 7.37. The van der Waals surface area contributed by atoms with E-state index < -0.39 is 41.0 Å². The van der Waals surface area contributed by atoms with Gasteiger partial charge in [-0.05, 0) is 54.4 Å². The van der Waals surface area contributed by atoms with Gasteiger partial charge in [0, 0.05) is 55.7 Å². The largest absolute Gasteiger partial charge is 0.506 e. The van der Waals surface area contributed by atoms with Crippen LogP contribution in [0, 0.1) is 0 Å². The quantitative estimate of drug-likeness (QED) is 0.257. The molecular weight excluding hydrogens is 574 g/mol. The highest BCUT2D eigenvalue weighted by molar-refractivity contribution is 6.32. The SMILES string of the molecule is O=C(c1cc(C(F)(F)F)cc(C(F)(F)F)c1)N1CCN(Cc2c[nH]c3cccnc23)C[C@H]1Cc1ccc(Cl)c(O)c1. The smallest absolute Gasteiger partial charge is 0.416 e. The Hall–Kier alpha value is -3.77. The molecule has 1 aliphatic heterocycles. The molecule has 41 heavy (non-hydrogen) atoms. The van der Waals surface area contributed by atoms with Gasteiger partial charge in [0.2, 0.25) is 0 Å². The number of amides is 1. The summed E-state index contributed by atoms with van der Waals surface area (Å²) in [6.45, 7) is 1.08. The van der Waals surface area contributed by atoms with Crippen molar-refractivity contribution in [3.8, 4) is 5.75 Å². The maximum Gasteiger partial charge on any atom is 0.416 e. The summed E-state index contributed by atoms with van der Waals surface area (Å²) in [5.41, 5.74) is -0.712. The Morgan fingerprint density at radius 3 is 2.39 bits per heavy atom. The Balaban J connectivity index is 1.47. The lowest BCUT2D eigenvalue weighted by molar-refractivity contribution is -0.143. The molecular formula is C28H23ClF6N4O2. The number of carbonyl (C=O) groups is 1. The van der Waals surface area contributed by atoms with Gasteiger partial charge in [0.05, 0.1) is 27.2 Å². The van der Waals surface area contributed by atoms with Crippen molar-refractivity contribution in [2.24, 2.45) is 0 Å². The zero-order valence-corrected chi connectivity index (χ0v) is 22.0. The molecule has 2 aromatic heterocycles. The van der Waals surface area contributed by atoms with Crippen LogP contribution in [-0.4, -0.2) is 56.5 Å². The number of alkyl halides is 6. The molecule has 1 amide bonds. The van der Waals surface area contributed by atoms with Gasteiger partial charge in [-0.25, -0.2) is 0 Å². The number of fused-ring (bicyclic) bond motifs is 1. The lowest BCUT2D eigenvalue weighted by atomic mass is 9.98. The van der Waals surface area contributed by atoms with Crippen LogP contribution in [0.5, 0.6) is 5.75 Å². The van der Waals surface area contributed by atoms with Crippen LogP contribution >= 0.6 is 11.6 Å². The Bertz CT molecular complexity index is 1550. The number of benzene rings is 2. The zero-order valence-electron chi connectivity index (χ0n) is 21.2. The summed E-state index contributed by atoms with van der Waals surface area (Å²) in [7, 11) is 0. The molecule has 216 valence electrons. The average molecular weight is 597 g/mol. The molecule has 0 unspecified atom stereocenters. The number of phenols is 1. The third-order valence-electron chi connectivity index (χ3n) is 7.05. The fourth-order valence-corrected chi connectivity index (χ4v) is 5.20. The minimum Gasteiger partial charge on any atom is -0.506 e. The number of hydrogen-bond acceptors (Lipinski definition) is 4. The first kappa shape index (κ1) is 28.7. The topological polar surface area (TPSA) is 72.5 Å². The van der Waals surface area contributed by atoms with Crippen molar-refractivity contribution in [1.29, 1.82) is 0 Å². The van der Waals surface area contributed by atoms with Gasteiger partial charge in [0.15, 0.2) is 0 Å². The molecule has 4 aromatic rings. The average Bonchev–Trinajstić information content (AvgIpc) is 3.32. The van der Waals surface area contributed by atoms with E-state index in [2.05, 4.69) is 9.97 Å². The second-order valence-corrected chi connectivity index (χ2v) is 10.3. The number of piperazine rings is 1. The number of hydrogen-bond donors (Lipinski definition) is 2. The van der Waals surface area contributed by atoms with E-state index in [1.807, 2.05) is 17.2 Å². The van der Waals surface area contributed by atoms with Crippen LogP contribution in [0.25, 0.3) is 11.0 Å². The molecule has 3 heterocycles. The highest BCUT2D eigenvalue weighted by Crippen LogP contribution is 2.37. The molecule has 0 bridgehead atoms. The number of halogens is 7. The molecule has 1 aliphatic rings. The highest BCUT2D eigenvalue weighted by Gasteiger charge is 2.39. The molecule has 0 radical (unpaired) electrons. The normalized spacial score (nSPS) is 16.9. The van der Waals surface area contributed by atoms with Gasteiger partial charge in [0.25, 0.3) is 5.91 Å². The van der Waals surface area contributed by atoms with E-state index in [0.29, 0.717) is 30.8 Å². The van der Waals surface area contributed by atoms with E-state index >= 15 is 0 Å². The van der Waals surface area contributed by atoms with Crippen LogP contribution in [0.4, 0.5) is 26.3 Å². The second-order valence-electron chi connectivity index (χ2n) is 9.89. The van der Waals surface area contributed by atoms with Crippen molar-refractivity contribution in [2.45, 2.75) is 31.4 Å². The molecule has 2 N–H and O–H groups in total. The summed E-state index contributed by atoms with van der Waals surface area (Å²) in [6.07, 6.45) is -6.51. The summed E-state index contributed by atoms with van der Waals surface area (Å²) in [4.78, 5) is 24.4. The van der Waals surface area contributed by atoms with Crippen LogP contribution in [0.3, 0.4) is 0 Å². The number of nitrogens with one attached hydrogen (secondary N) is 1. The number of pyridine rings is 1. The van der Waals surface area contributed by atoms with Crippen molar-refractivity contribution in [2.75, 3.05) is 19.6 Å². The number of phenolic OH excluding ortho intramolecular Hbond substituents is 1. The minimum atomic E-state index is -5.08. The zero-order chi connectivity index (χ0) is 29.5. The van der Waals surface area contributed by atoms with E-state index in [1.54, 1.807) is 18.3 Å². The number of rotatable bonds is 5. The lowest BCUT2D eigenvalue weighted by Crippen LogP contribution is -2.55. The molecule has 1 fully saturated rings. The minimum absolute atomic E-state index is 0.00206. The molecule has 1 saturated heterocycles. The summed E-state index contributed by atoms with van der Waals surface area (Å²) >= 11 is 5.92. The molecule has 2 aromatic carbocycles. The molecule has 0 spiro atoms. The number of H-pyrrole nitrogens is 1. The fraction of sp³-hybridized carbons (Fsp3) is 0.286. The predicted octanol–water partition coefficient (Wildman–Crippen LogP) is 6.53. The molecule has 0 aliphatic carbocycles. The van der Waals surface area contributed by atoms with Crippen LogP contribution in [0.15, 0.2) is 60.9 Å². The molecule has 0 saturated carbocycles. The van der Waals surface area contributed by atoms with Crippen molar-refractivity contribution < 1.29 is 36.2 Å². The van der Waals surface area contributed by atoms with Crippen molar-refractivity contribution in [1.82, 2.24) is 19.8 Å². The fourth-order valence-electron chi connectivity index (χ4n) is 5.08. The molecule has 1 atom stereocenters. The monoisotopic (exact) mass is 596 g/mol. The summed E-state index contributed by atoms with van der Waals surface area (Å²) in [5.74, 6) is -1.13. The molecule has 6 nitrogen and oxygen atoms in total. The summed E-state index contributed by atoms with van der Waals surface area (Å²) in [6, 6.07) is 8.46. The van der Waals surface area contributed by atoms with Crippen LogP contribution < -0.4 is 0 Å². The number of carbonyl (C=O) groups excluding carboxylic acids is 1. The second kappa shape index (κ2) is 10.9. The Kier molecular flexibility index (Phi) is 7.64. The Morgan fingerprint density at radius 1 is 1.02 bits per heavy atom. The van der Waals surface area contributed by atoms with Gasteiger partial charge in [-0.1, -0.05) is 17.7 Å². The first-order valence-electron chi connectivity index (χ1n) is 12.5. The number of aromatic amines is 1. The van der Waals surface area contributed by atoms with Gasteiger partial charge in [-0.15, -0.1) is 0 Å². The lowest BCUT2D eigenvalue weighted by Gasteiger charge is -2.42. The van der Waals surface area contributed by atoms with E-state index in [1.165, 1.54) is 17.0 Å². The van der Waals surface area contributed by atoms with Gasteiger partial charge >= 0.3 is 12.4 Å². The van der Waals surface area contributed by atoms with Gasteiger partial charge in [-0.2, -0.15) is 26.3 Å².